The predicted molar refractivity (Wildman–Crippen MR) is 69.1 cm³/mol. The summed E-state index contributed by atoms with van der Waals surface area (Å²) in [5.41, 5.74) is 0.605. The van der Waals surface area contributed by atoms with Crippen LogP contribution < -0.4 is 9.64 Å². The molecule has 92 valence electrons. The maximum atomic E-state index is 11.8. The van der Waals surface area contributed by atoms with E-state index in [1.165, 1.54) is 4.90 Å². The Morgan fingerprint density at radius 1 is 1.59 bits per heavy atom. The number of fused-ring (bicyclic) bond motifs is 1. The van der Waals surface area contributed by atoms with Crippen LogP contribution in [0.1, 0.15) is 0 Å². The number of halogens is 2. The average molecular weight is 321 g/mol. The molecular formula is C11H11BrClNO3. The molecule has 4 nitrogen and oxygen atoms in total. The van der Waals surface area contributed by atoms with Gasteiger partial charge in [0.05, 0.1) is 18.3 Å². The lowest BCUT2D eigenvalue weighted by Crippen LogP contribution is -2.43. The molecule has 1 aliphatic rings. The van der Waals surface area contributed by atoms with Crippen LogP contribution in [0.15, 0.2) is 18.2 Å². The van der Waals surface area contributed by atoms with E-state index in [9.17, 15) is 9.90 Å². The number of hydrogen-bond acceptors (Lipinski definition) is 3. The van der Waals surface area contributed by atoms with Crippen LogP contribution >= 0.6 is 27.5 Å². The van der Waals surface area contributed by atoms with Crippen LogP contribution in [0.5, 0.6) is 5.75 Å². The quantitative estimate of drug-likeness (QED) is 0.864. The van der Waals surface area contributed by atoms with Gasteiger partial charge < -0.3 is 14.7 Å². The second-order valence-electron chi connectivity index (χ2n) is 3.71. The Labute approximate surface area is 112 Å². The van der Waals surface area contributed by atoms with Crippen LogP contribution in [-0.2, 0) is 4.79 Å². The van der Waals surface area contributed by atoms with Crippen LogP contribution in [-0.4, -0.2) is 35.6 Å². The summed E-state index contributed by atoms with van der Waals surface area (Å²) in [6.45, 7) is 0.213. The number of aliphatic hydroxyl groups excluding tert-OH is 1. The molecule has 1 atom stereocenters. The van der Waals surface area contributed by atoms with E-state index in [4.69, 9.17) is 16.3 Å². The molecule has 0 spiro atoms. The zero-order chi connectivity index (χ0) is 12.4. The van der Waals surface area contributed by atoms with E-state index in [1.54, 1.807) is 18.2 Å². The average Bonchev–Trinajstić information content (AvgIpc) is 2.32. The number of nitrogens with zero attached hydrogens (tertiary/aromatic N) is 1. The topological polar surface area (TPSA) is 49.8 Å². The van der Waals surface area contributed by atoms with Crippen molar-refractivity contribution in [2.75, 3.05) is 23.4 Å². The van der Waals surface area contributed by atoms with Crippen molar-refractivity contribution in [3.05, 3.63) is 23.2 Å². The number of hydrogen-bond donors (Lipinski definition) is 1. The van der Waals surface area contributed by atoms with E-state index in [1.807, 2.05) is 0 Å². The van der Waals surface area contributed by atoms with Gasteiger partial charge in [-0.15, -0.1) is 0 Å². The number of β-amino-alcohol motifs (C(OH)–C–C–N with tert-alkyl or cyclic N) is 1. The first kappa shape index (κ1) is 12.7. The molecule has 1 N–H and O–H groups in total. The molecule has 0 fully saturated rings. The maximum Gasteiger partial charge on any atom is 0.265 e. The summed E-state index contributed by atoms with van der Waals surface area (Å²) in [5.74, 6) is 0.426. The molecule has 1 amide bonds. The standard InChI is InChI=1S/C11H11BrClNO3/c12-4-8(15)5-14-9-3-7(13)1-2-10(9)17-6-11(14)16/h1-3,8,15H,4-6H2. The number of amides is 1. The van der Waals surface area contributed by atoms with Gasteiger partial charge in [-0.25, -0.2) is 0 Å². The molecule has 1 aromatic rings. The molecule has 2 rings (SSSR count). The molecule has 6 heteroatoms. The van der Waals surface area contributed by atoms with Gasteiger partial charge in [-0.3, -0.25) is 4.79 Å². The third-order valence-corrected chi connectivity index (χ3v) is 3.42. The molecule has 1 aliphatic heterocycles. The van der Waals surface area contributed by atoms with Gasteiger partial charge in [0.25, 0.3) is 5.91 Å². The fourth-order valence-electron chi connectivity index (χ4n) is 1.63. The summed E-state index contributed by atoms with van der Waals surface area (Å²) in [6, 6.07) is 5.09. The van der Waals surface area contributed by atoms with Crippen molar-refractivity contribution in [2.45, 2.75) is 6.10 Å². The van der Waals surface area contributed by atoms with Crippen molar-refractivity contribution < 1.29 is 14.6 Å². The van der Waals surface area contributed by atoms with Gasteiger partial charge in [0, 0.05) is 10.4 Å². The molecule has 0 aliphatic carbocycles. The van der Waals surface area contributed by atoms with E-state index in [0.717, 1.165) is 0 Å². The minimum absolute atomic E-state index is 0.0103. The Bertz CT molecular complexity index is 441. The van der Waals surface area contributed by atoms with Gasteiger partial charge in [0.1, 0.15) is 5.75 Å². The summed E-state index contributed by atoms with van der Waals surface area (Å²) in [4.78, 5) is 13.2. The maximum absolute atomic E-state index is 11.8. The Morgan fingerprint density at radius 2 is 2.35 bits per heavy atom. The van der Waals surface area contributed by atoms with Crippen molar-refractivity contribution >= 4 is 39.1 Å². The molecule has 1 unspecified atom stereocenters. The number of carbonyl (C=O) groups excluding carboxylic acids is 1. The molecule has 0 bridgehead atoms. The summed E-state index contributed by atoms with van der Waals surface area (Å²) >= 11 is 9.07. The number of ether oxygens (including phenoxy) is 1. The normalized spacial score (nSPS) is 16.4. The Hall–Kier alpha value is -0.780. The number of benzene rings is 1. The Morgan fingerprint density at radius 3 is 3.06 bits per heavy atom. The van der Waals surface area contributed by atoms with E-state index in [-0.39, 0.29) is 19.1 Å². The van der Waals surface area contributed by atoms with E-state index in [0.29, 0.717) is 21.8 Å². The smallest absolute Gasteiger partial charge is 0.265 e. The van der Waals surface area contributed by atoms with E-state index in [2.05, 4.69) is 15.9 Å². The Balaban J connectivity index is 2.32. The van der Waals surface area contributed by atoms with Gasteiger partial charge >= 0.3 is 0 Å². The number of rotatable bonds is 3. The lowest BCUT2D eigenvalue weighted by molar-refractivity contribution is -0.121. The zero-order valence-corrected chi connectivity index (χ0v) is 11.2. The third-order valence-electron chi connectivity index (χ3n) is 2.44. The Kier molecular flexibility index (Phi) is 3.91. The third kappa shape index (κ3) is 2.73. The second kappa shape index (κ2) is 5.25. The van der Waals surface area contributed by atoms with Gasteiger partial charge in [-0.05, 0) is 18.2 Å². The largest absolute Gasteiger partial charge is 0.482 e. The summed E-state index contributed by atoms with van der Waals surface area (Å²) in [7, 11) is 0. The fourth-order valence-corrected chi connectivity index (χ4v) is 2.01. The van der Waals surface area contributed by atoms with E-state index >= 15 is 0 Å². The lowest BCUT2D eigenvalue weighted by atomic mass is 10.2. The van der Waals surface area contributed by atoms with Crippen molar-refractivity contribution in [2.24, 2.45) is 0 Å². The lowest BCUT2D eigenvalue weighted by Gasteiger charge is -2.30. The summed E-state index contributed by atoms with van der Waals surface area (Å²) in [5, 5.41) is 10.5. The molecular weight excluding hydrogens is 309 g/mol. The highest BCUT2D eigenvalue weighted by molar-refractivity contribution is 9.09. The van der Waals surface area contributed by atoms with Crippen LogP contribution in [0, 0.1) is 0 Å². The summed E-state index contributed by atoms with van der Waals surface area (Å²) < 4.78 is 5.29. The number of alkyl halides is 1. The van der Waals surface area contributed by atoms with Gasteiger partial charge in [0.2, 0.25) is 0 Å². The SMILES string of the molecule is O=C1COc2ccc(Cl)cc2N1CC(O)CBr. The monoisotopic (exact) mass is 319 g/mol. The number of aliphatic hydroxyl groups is 1. The molecule has 0 saturated carbocycles. The van der Waals surface area contributed by atoms with Crippen molar-refractivity contribution in [1.29, 1.82) is 0 Å². The number of anilines is 1. The first-order chi connectivity index (χ1) is 8.11. The first-order valence-electron chi connectivity index (χ1n) is 5.08. The molecule has 0 saturated heterocycles. The highest BCUT2D eigenvalue weighted by atomic mass is 79.9. The van der Waals surface area contributed by atoms with Gasteiger partial charge in [-0.2, -0.15) is 0 Å². The highest BCUT2D eigenvalue weighted by Crippen LogP contribution is 2.34. The molecule has 17 heavy (non-hydrogen) atoms. The van der Waals surface area contributed by atoms with E-state index < -0.39 is 6.10 Å². The van der Waals surface area contributed by atoms with Crippen molar-refractivity contribution in [1.82, 2.24) is 0 Å². The minimum atomic E-state index is -0.621. The predicted octanol–water partition coefficient (Wildman–Crippen LogP) is 1.82. The molecule has 0 aromatic heterocycles. The molecule has 0 radical (unpaired) electrons. The number of carbonyl (C=O) groups is 1. The van der Waals surface area contributed by atoms with Gasteiger partial charge in [0.15, 0.2) is 6.61 Å². The minimum Gasteiger partial charge on any atom is -0.482 e. The van der Waals surface area contributed by atoms with Crippen LogP contribution in [0.3, 0.4) is 0 Å². The molecule has 1 aromatic carbocycles. The first-order valence-corrected chi connectivity index (χ1v) is 6.58. The second-order valence-corrected chi connectivity index (χ2v) is 4.80. The fraction of sp³-hybridized carbons (Fsp3) is 0.364. The van der Waals surface area contributed by atoms with Crippen molar-refractivity contribution in [3.63, 3.8) is 0 Å². The van der Waals surface area contributed by atoms with Crippen LogP contribution in [0.4, 0.5) is 5.69 Å². The van der Waals surface area contributed by atoms with Gasteiger partial charge in [-0.1, -0.05) is 27.5 Å². The highest BCUT2D eigenvalue weighted by Gasteiger charge is 2.27. The van der Waals surface area contributed by atoms with Crippen LogP contribution in [0.25, 0.3) is 0 Å². The summed E-state index contributed by atoms with van der Waals surface area (Å²) in [6.07, 6.45) is -0.621. The molecule has 1 heterocycles. The van der Waals surface area contributed by atoms with Crippen molar-refractivity contribution in [3.8, 4) is 5.75 Å². The zero-order valence-electron chi connectivity index (χ0n) is 8.90. The van der Waals surface area contributed by atoms with Crippen LogP contribution in [0.2, 0.25) is 5.02 Å².